The Balaban J connectivity index is 1.29. The Hall–Kier alpha value is -4.83. The predicted octanol–water partition coefficient (Wildman–Crippen LogP) is 5.38. The third-order valence-electron chi connectivity index (χ3n) is 6.23. The minimum absolute atomic E-state index is 0.211. The summed E-state index contributed by atoms with van der Waals surface area (Å²) in [5.41, 5.74) is 2.18. The van der Waals surface area contributed by atoms with Crippen LogP contribution in [0, 0.1) is 11.3 Å². The maximum absolute atomic E-state index is 12.7. The van der Waals surface area contributed by atoms with Crippen LogP contribution in [0.3, 0.4) is 0 Å². The van der Waals surface area contributed by atoms with Gasteiger partial charge in [-0.05, 0) is 53.1 Å². The average Bonchev–Trinajstić information content (AvgIpc) is 2.91. The van der Waals surface area contributed by atoms with Crippen LogP contribution in [0.25, 0.3) is 10.8 Å². The van der Waals surface area contributed by atoms with Crippen LogP contribution in [0.15, 0.2) is 78.9 Å². The van der Waals surface area contributed by atoms with E-state index in [-0.39, 0.29) is 23.8 Å². The van der Waals surface area contributed by atoms with Crippen molar-refractivity contribution in [1.29, 1.82) is 5.26 Å². The zero-order valence-electron chi connectivity index (χ0n) is 19.2. The first-order valence-corrected chi connectivity index (χ1v) is 11.5. The molecule has 5 rings (SSSR count). The van der Waals surface area contributed by atoms with Gasteiger partial charge in [0.15, 0.2) is 0 Å². The van der Waals surface area contributed by atoms with Gasteiger partial charge in [0.1, 0.15) is 23.3 Å². The van der Waals surface area contributed by atoms with Crippen LogP contribution < -0.4 is 14.8 Å². The molecule has 0 spiro atoms. The number of fused-ring (bicyclic) bond motifs is 2. The number of rotatable bonds is 6. The van der Waals surface area contributed by atoms with Gasteiger partial charge in [-0.25, -0.2) is 0 Å². The molecular formula is C29H22N2O5. The van der Waals surface area contributed by atoms with E-state index in [1.165, 1.54) is 6.07 Å². The van der Waals surface area contributed by atoms with E-state index in [0.717, 1.165) is 16.3 Å². The summed E-state index contributed by atoms with van der Waals surface area (Å²) in [7, 11) is 0. The first kappa shape index (κ1) is 22.9. The number of nitrogens with zero attached hydrogens (tertiary/aromatic N) is 1. The van der Waals surface area contributed by atoms with Gasteiger partial charge >= 0.3 is 5.97 Å². The van der Waals surface area contributed by atoms with Crippen LogP contribution in [0.2, 0.25) is 0 Å². The summed E-state index contributed by atoms with van der Waals surface area (Å²) >= 11 is 0. The first-order chi connectivity index (χ1) is 17.5. The van der Waals surface area contributed by atoms with E-state index >= 15 is 0 Å². The molecule has 1 heterocycles. The second kappa shape index (κ2) is 9.80. The largest absolute Gasteiger partial charge is 0.493 e. The number of benzene rings is 4. The SMILES string of the molecule is N#Cc1cc2c(cc1Oc1ccc(C(=O)NCc3cccc4ccccc34)cc1)OCCC2C(=O)O. The predicted molar refractivity (Wildman–Crippen MR) is 133 cm³/mol. The minimum Gasteiger partial charge on any atom is -0.493 e. The summed E-state index contributed by atoms with van der Waals surface area (Å²) in [4.78, 5) is 24.3. The topological polar surface area (TPSA) is 109 Å². The molecule has 0 saturated carbocycles. The van der Waals surface area contributed by atoms with E-state index < -0.39 is 11.9 Å². The van der Waals surface area contributed by atoms with Gasteiger partial charge in [0.25, 0.3) is 5.91 Å². The fraction of sp³-hybridized carbons (Fsp3) is 0.138. The number of carboxylic acid groups (broad SMARTS) is 1. The van der Waals surface area contributed by atoms with Crippen LogP contribution in [-0.4, -0.2) is 23.6 Å². The van der Waals surface area contributed by atoms with Gasteiger partial charge in [-0.3, -0.25) is 9.59 Å². The van der Waals surface area contributed by atoms with Crippen molar-refractivity contribution in [3.8, 4) is 23.3 Å². The maximum Gasteiger partial charge on any atom is 0.311 e. The second-order valence-corrected chi connectivity index (χ2v) is 8.47. The normalized spacial score (nSPS) is 14.2. The van der Waals surface area contributed by atoms with Gasteiger partial charge in [-0.2, -0.15) is 5.26 Å². The summed E-state index contributed by atoms with van der Waals surface area (Å²) < 4.78 is 11.5. The molecule has 0 bridgehead atoms. The van der Waals surface area contributed by atoms with Crippen LogP contribution in [-0.2, 0) is 11.3 Å². The Bertz CT molecular complexity index is 1500. The number of carboxylic acids is 1. The van der Waals surface area contributed by atoms with Crippen LogP contribution >= 0.6 is 0 Å². The first-order valence-electron chi connectivity index (χ1n) is 11.5. The smallest absolute Gasteiger partial charge is 0.311 e. The number of nitrogens with one attached hydrogen (secondary N) is 1. The van der Waals surface area contributed by atoms with Gasteiger partial charge in [0, 0.05) is 23.7 Å². The molecule has 2 N–H and O–H groups in total. The van der Waals surface area contributed by atoms with Crippen LogP contribution in [0.1, 0.15) is 39.4 Å². The quantitative estimate of drug-likeness (QED) is 0.385. The molecule has 4 aromatic carbocycles. The molecule has 1 aliphatic heterocycles. The summed E-state index contributed by atoms with van der Waals surface area (Å²) in [5.74, 6) is -0.799. The van der Waals surface area contributed by atoms with E-state index in [1.807, 2.05) is 42.5 Å². The Morgan fingerprint density at radius 1 is 1.06 bits per heavy atom. The number of carbonyl (C=O) groups excluding carboxylic acids is 1. The maximum atomic E-state index is 12.7. The molecule has 7 nitrogen and oxygen atoms in total. The van der Waals surface area contributed by atoms with Gasteiger partial charge < -0.3 is 19.9 Å². The number of carbonyl (C=O) groups is 2. The monoisotopic (exact) mass is 478 g/mol. The summed E-state index contributed by atoms with van der Waals surface area (Å²) in [6, 6.07) is 25.7. The Labute approximate surface area is 207 Å². The van der Waals surface area contributed by atoms with Gasteiger partial charge in [-0.1, -0.05) is 42.5 Å². The van der Waals surface area contributed by atoms with Crippen molar-refractivity contribution < 1.29 is 24.2 Å². The number of hydrogen-bond acceptors (Lipinski definition) is 5. The van der Waals surface area contributed by atoms with E-state index in [4.69, 9.17) is 9.47 Å². The molecule has 1 amide bonds. The third-order valence-corrected chi connectivity index (χ3v) is 6.23. The zero-order chi connectivity index (χ0) is 25.1. The molecule has 1 unspecified atom stereocenters. The van der Waals surface area contributed by atoms with E-state index in [0.29, 0.717) is 35.6 Å². The molecule has 4 aromatic rings. The van der Waals surface area contributed by atoms with E-state index in [1.54, 1.807) is 30.3 Å². The van der Waals surface area contributed by atoms with Crippen molar-refractivity contribution in [3.63, 3.8) is 0 Å². The third kappa shape index (κ3) is 4.57. The number of hydrogen-bond donors (Lipinski definition) is 2. The molecule has 0 fully saturated rings. The lowest BCUT2D eigenvalue weighted by Crippen LogP contribution is -2.22. The average molecular weight is 479 g/mol. The number of nitriles is 1. The molecule has 1 aliphatic rings. The number of amides is 1. The Morgan fingerprint density at radius 3 is 2.61 bits per heavy atom. The number of ether oxygens (including phenoxy) is 2. The molecule has 0 radical (unpaired) electrons. The fourth-order valence-corrected chi connectivity index (χ4v) is 4.37. The Morgan fingerprint density at radius 2 is 1.83 bits per heavy atom. The lowest BCUT2D eigenvalue weighted by atomic mass is 9.91. The summed E-state index contributed by atoms with van der Waals surface area (Å²) in [5, 5.41) is 24.2. The molecule has 1 atom stereocenters. The van der Waals surface area contributed by atoms with Crippen molar-refractivity contribution in [2.45, 2.75) is 18.9 Å². The second-order valence-electron chi connectivity index (χ2n) is 8.47. The van der Waals surface area contributed by atoms with Crippen LogP contribution in [0.5, 0.6) is 17.2 Å². The lowest BCUT2D eigenvalue weighted by Gasteiger charge is -2.24. The van der Waals surface area contributed by atoms with Gasteiger partial charge in [0.2, 0.25) is 0 Å². The van der Waals surface area contributed by atoms with E-state index in [9.17, 15) is 20.0 Å². The zero-order valence-corrected chi connectivity index (χ0v) is 19.2. The highest BCUT2D eigenvalue weighted by atomic mass is 16.5. The summed E-state index contributed by atoms with van der Waals surface area (Å²) in [6.45, 7) is 0.675. The molecule has 0 aliphatic carbocycles. The van der Waals surface area contributed by atoms with Gasteiger partial charge in [0.05, 0.1) is 18.1 Å². The van der Waals surface area contributed by atoms with Crippen molar-refractivity contribution in [1.82, 2.24) is 5.32 Å². The highest BCUT2D eigenvalue weighted by Crippen LogP contribution is 2.39. The molecular weight excluding hydrogens is 456 g/mol. The van der Waals surface area contributed by atoms with Crippen molar-refractivity contribution >= 4 is 22.6 Å². The minimum atomic E-state index is -0.952. The van der Waals surface area contributed by atoms with Gasteiger partial charge in [-0.15, -0.1) is 0 Å². The fourth-order valence-electron chi connectivity index (χ4n) is 4.37. The summed E-state index contributed by atoms with van der Waals surface area (Å²) in [6.07, 6.45) is 0.345. The molecule has 36 heavy (non-hydrogen) atoms. The number of aliphatic carboxylic acids is 1. The van der Waals surface area contributed by atoms with Crippen LogP contribution in [0.4, 0.5) is 0 Å². The standard InChI is InChI=1S/C29H22N2O5/c30-16-21-14-25-24(29(33)34)12-13-35-27(25)15-26(21)36-22-10-8-19(9-11-22)28(32)31-17-20-6-3-5-18-4-1-2-7-23(18)20/h1-11,14-15,24H,12-13,17H2,(H,31,32)(H,33,34). The lowest BCUT2D eigenvalue weighted by molar-refractivity contribution is -0.139. The van der Waals surface area contributed by atoms with Crippen molar-refractivity contribution in [2.24, 2.45) is 0 Å². The highest BCUT2D eigenvalue weighted by molar-refractivity contribution is 5.94. The van der Waals surface area contributed by atoms with Crippen molar-refractivity contribution in [2.75, 3.05) is 6.61 Å². The molecule has 7 heteroatoms. The van der Waals surface area contributed by atoms with Crippen molar-refractivity contribution in [3.05, 3.63) is 101 Å². The Kier molecular flexibility index (Phi) is 6.25. The van der Waals surface area contributed by atoms with E-state index in [2.05, 4.69) is 11.4 Å². The highest BCUT2D eigenvalue weighted by Gasteiger charge is 2.29. The molecule has 0 saturated heterocycles. The molecule has 0 aromatic heterocycles. The molecule has 178 valence electrons.